The van der Waals surface area contributed by atoms with Gasteiger partial charge in [-0.25, -0.2) is 0 Å². The maximum absolute atomic E-state index is 5.02. The average molecular weight is 239 g/mol. The van der Waals surface area contributed by atoms with Crippen LogP contribution in [0.4, 0.5) is 0 Å². The molecule has 1 aromatic heterocycles. The van der Waals surface area contributed by atoms with Gasteiger partial charge >= 0.3 is 0 Å². The molecule has 0 radical (unpaired) electrons. The van der Waals surface area contributed by atoms with Gasteiger partial charge in [-0.1, -0.05) is 13.3 Å². The number of aryl methyl sites for hydroxylation is 2. The molecule has 0 unspecified atom stereocenters. The lowest BCUT2D eigenvalue weighted by Gasteiger charge is -2.06. The molecular formula is C13H25N3O. The van der Waals surface area contributed by atoms with E-state index in [0.717, 1.165) is 31.9 Å². The first kappa shape index (κ1) is 14.2. The van der Waals surface area contributed by atoms with Crippen molar-refractivity contribution >= 4 is 0 Å². The van der Waals surface area contributed by atoms with Crippen LogP contribution in [0.25, 0.3) is 0 Å². The second-order valence-corrected chi connectivity index (χ2v) is 4.40. The largest absolute Gasteiger partial charge is 0.383 e. The van der Waals surface area contributed by atoms with E-state index in [-0.39, 0.29) is 0 Å². The van der Waals surface area contributed by atoms with Crippen molar-refractivity contribution in [3.8, 4) is 0 Å². The Morgan fingerprint density at radius 2 is 2.12 bits per heavy atom. The molecule has 0 amide bonds. The fraction of sp³-hybridized carbons (Fsp3) is 0.769. The third-order valence-corrected chi connectivity index (χ3v) is 3.04. The molecule has 0 aliphatic carbocycles. The van der Waals surface area contributed by atoms with Crippen molar-refractivity contribution in [1.82, 2.24) is 15.1 Å². The number of methoxy groups -OCH3 is 1. The molecule has 0 saturated heterocycles. The Morgan fingerprint density at radius 3 is 2.76 bits per heavy atom. The zero-order chi connectivity index (χ0) is 12.7. The molecule has 4 heteroatoms. The van der Waals surface area contributed by atoms with Crippen LogP contribution in [-0.4, -0.2) is 30.0 Å². The molecule has 1 heterocycles. The number of hydrogen-bond acceptors (Lipinski definition) is 3. The molecule has 1 rings (SSSR count). The standard InChI is InChI=1S/C13H25N3O/c1-5-6-8-16-12(3)13(11(2)15-16)10-14-7-9-17-4/h14H,5-10H2,1-4H3. The summed E-state index contributed by atoms with van der Waals surface area (Å²) in [4.78, 5) is 0. The van der Waals surface area contributed by atoms with Crippen LogP contribution in [0.5, 0.6) is 0 Å². The van der Waals surface area contributed by atoms with E-state index in [9.17, 15) is 0 Å². The normalized spacial score (nSPS) is 11.1. The minimum absolute atomic E-state index is 0.752. The highest BCUT2D eigenvalue weighted by atomic mass is 16.5. The molecule has 98 valence electrons. The molecule has 0 fully saturated rings. The second kappa shape index (κ2) is 7.45. The fourth-order valence-corrected chi connectivity index (χ4v) is 1.90. The smallest absolute Gasteiger partial charge is 0.0641 e. The highest BCUT2D eigenvalue weighted by Crippen LogP contribution is 2.13. The summed E-state index contributed by atoms with van der Waals surface area (Å²) in [6.45, 7) is 10.00. The lowest BCUT2D eigenvalue weighted by molar-refractivity contribution is 0.199. The summed E-state index contributed by atoms with van der Waals surface area (Å²) >= 11 is 0. The predicted octanol–water partition coefficient (Wildman–Crippen LogP) is 2.04. The van der Waals surface area contributed by atoms with E-state index < -0.39 is 0 Å². The molecule has 0 aliphatic rings. The third kappa shape index (κ3) is 4.13. The number of ether oxygens (including phenoxy) is 1. The topological polar surface area (TPSA) is 39.1 Å². The third-order valence-electron chi connectivity index (χ3n) is 3.04. The molecule has 4 nitrogen and oxygen atoms in total. The van der Waals surface area contributed by atoms with Gasteiger partial charge in [-0.15, -0.1) is 0 Å². The maximum Gasteiger partial charge on any atom is 0.0641 e. The van der Waals surface area contributed by atoms with Gasteiger partial charge in [0.2, 0.25) is 0 Å². The molecule has 0 saturated carbocycles. The average Bonchev–Trinajstić information content (AvgIpc) is 2.58. The highest BCUT2D eigenvalue weighted by molar-refractivity contribution is 5.24. The van der Waals surface area contributed by atoms with Crippen molar-refractivity contribution in [1.29, 1.82) is 0 Å². The Morgan fingerprint density at radius 1 is 1.35 bits per heavy atom. The summed E-state index contributed by atoms with van der Waals surface area (Å²) in [5.74, 6) is 0. The van der Waals surface area contributed by atoms with E-state index in [1.807, 2.05) is 0 Å². The number of hydrogen-bond donors (Lipinski definition) is 1. The van der Waals surface area contributed by atoms with Gasteiger partial charge in [0.1, 0.15) is 0 Å². The number of nitrogens with zero attached hydrogens (tertiary/aromatic N) is 2. The van der Waals surface area contributed by atoms with Crippen LogP contribution in [0.15, 0.2) is 0 Å². The van der Waals surface area contributed by atoms with Crippen LogP contribution in [-0.2, 0) is 17.8 Å². The minimum atomic E-state index is 0.752. The summed E-state index contributed by atoms with van der Waals surface area (Å²) in [5, 5.41) is 7.97. The number of aromatic nitrogens is 2. The van der Waals surface area contributed by atoms with Crippen LogP contribution in [0.3, 0.4) is 0 Å². The number of unbranched alkanes of at least 4 members (excludes halogenated alkanes) is 1. The first-order valence-corrected chi connectivity index (χ1v) is 6.43. The Hall–Kier alpha value is -0.870. The first-order chi connectivity index (χ1) is 8.20. The van der Waals surface area contributed by atoms with Crippen molar-refractivity contribution in [3.05, 3.63) is 17.0 Å². The summed E-state index contributed by atoms with van der Waals surface area (Å²) < 4.78 is 7.15. The number of nitrogens with one attached hydrogen (secondary N) is 1. The van der Waals surface area contributed by atoms with E-state index in [1.54, 1.807) is 7.11 Å². The van der Waals surface area contributed by atoms with Crippen molar-refractivity contribution < 1.29 is 4.74 Å². The number of rotatable bonds is 8. The molecular weight excluding hydrogens is 214 g/mol. The monoisotopic (exact) mass is 239 g/mol. The van der Waals surface area contributed by atoms with E-state index >= 15 is 0 Å². The maximum atomic E-state index is 5.02. The van der Waals surface area contributed by atoms with Crippen LogP contribution >= 0.6 is 0 Å². The lowest BCUT2D eigenvalue weighted by atomic mass is 10.2. The summed E-state index contributed by atoms with van der Waals surface area (Å²) in [6, 6.07) is 0. The van der Waals surface area contributed by atoms with Crippen LogP contribution < -0.4 is 5.32 Å². The van der Waals surface area contributed by atoms with E-state index in [1.165, 1.54) is 24.1 Å². The lowest BCUT2D eigenvalue weighted by Crippen LogP contribution is -2.19. The predicted molar refractivity (Wildman–Crippen MR) is 70.2 cm³/mol. The highest BCUT2D eigenvalue weighted by Gasteiger charge is 2.10. The SMILES string of the molecule is CCCCn1nc(C)c(CNCCOC)c1C. The first-order valence-electron chi connectivity index (χ1n) is 6.43. The van der Waals surface area contributed by atoms with Crippen molar-refractivity contribution in [2.45, 2.75) is 46.7 Å². The van der Waals surface area contributed by atoms with Crippen molar-refractivity contribution in [3.63, 3.8) is 0 Å². The van der Waals surface area contributed by atoms with Gasteiger partial charge in [-0.2, -0.15) is 5.10 Å². The Labute approximate surface area is 104 Å². The van der Waals surface area contributed by atoms with Crippen LogP contribution in [0.1, 0.15) is 36.7 Å². The van der Waals surface area contributed by atoms with Gasteiger partial charge in [-0.3, -0.25) is 4.68 Å². The van der Waals surface area contributed by atoms with E-state index in [4.69, 9.17) is 4.74 Å². The molecule has 17 heavy (non-hydrogen) atoms. The Kier molecular flexibility index (Phi) is 6.22. The van der Waals surface area contributed by atoms with E-state index in [2.05, 4.69) is 35.9 Å². The summed E-state index contributed by atoms with van der Waals surface area (Å²) in [7, 11) is 1.72. The molecule has 1 N–H and O–H groups in total. The molecule has 0 bridgehead atoms. The minimum Gasteiger partial charge on any atom is -0.383 e. The van der Waals surface area contributed by atoms with Gasteiger partial charge in [0.05, 0.1) is 12.3 Å². The van der Waals surface area contributed by atoms with Gasteiger partial charge < -0.3 is 10.1 Å². The fourth-order valence-electron chi connectivity index (χ4n) is 1.90. The van der Waals surface area contributed by atoms with Gasteiger partial charge in [0.15, 0.2) is 0 Å². The molecule has 0 atom stereocenters. The molecule has 1 aromatic rings. The second-order valence-electron chi connectivity index (χ2n) is 4.40. The Bertz CT molecular complexity index is 334. The van der Waals surface area contributed by atoms with Crippen LogP contribution in [0.2, 0.25) is 0 Å². The zero-order valence-electron chi connectivity index (χ0n) is 11.5. The molecule has 0 spiro atoms. The zero-order valence-corrected chi connectivity index (χ0v) is 11.5. The van der Waals surface area contributed by atoms with Crippen molar-refractivity contribution in [2.75, 3.05) is 20.3 Å². The quantitative estimate of drug-likeness (QED) is 0.706. The molecule has 0 aliphatic heterocycles. The van der Waals surface area contributed by atoms with E-state index in [0.29, 0.717) is 0 Å². The van der Waals surface area contributed by atoms with Gasteiger partial charge in [-0.05, 0) is 20.3 Å². The van der Waals surface area contributed by atoms with Crippen molar-refractivity contribution in [2.24, 2.45) is 0 Å². The van der Waals surface area contributed by atoms with Crippen LogP contribution in [0, 0.1) is 13.8 Å². The summed E-state index contributed by atoms with van der Waals surface area (Å²) in [6.07, 6.45) is 2.40. The Balaban J connectivity index is 2.55. The van der Waals surface area contributed by atoms with Gasteiger partial charge in [0.25, 0.3) is 0 Å². The molecule has 0 aromatic carbocycles. The van der Waals surface area contributed by atoms with Gasteiger partial charge in [0, 0.05) is 38.0 Å². The summed E-state index contributed by atoms with van der Waals surface area (Å²) in [5.41, 5.74) is 3.77.